The van der Waals surface area contributed by atoms with E-state index in [9.17, 15) is 13.2 Å². The Balaban J connectivity index is 1.96. The molecule has 0 heterocycles. The standard InChI is InChI=1S/C16H16INO4S/c1-18(23(20,21)15-9-7-14(17)8-10-15)11-16(19)22-12-13-5-3-2-4-6-13/h2-10H,11-12H2,1H3. The van der Waals surface area contributed by atoms with Crippen LogP contribution in [0.25, 0.3) is 0 Å². The molecule has 0 saturated carbocycles. The molecule has 0 aliphatic carbocycles. The van der Waals surface area contributed by atoms with Gasteiger partial charge >= 0.3 is 5.97 Å². The van der Waals surface area contributed by atoms with Crippen molar-refractivity contribution in [3.05, 3.63) is 63.7 Å². The Morgan fingerprint density at radius 3 is 2.30 bits per heavy atom. The number of halogens is 1. The molecule has 0 saturated heterocycles. The van der Waals surface area contributed by atoms with Crippen LogP contribution in [0.1, 0.15) is 5.56 Å². The summed E-state index contributed by atoms with van der Waals surface area (Å²) in [6.45, 7) is -0.210. The van der Waals surface area contributed by atoms with Crippen LogP contribution < -0.4 is 0 Å². The van der Waals surface area contributed by atoms with Gasteiger partial charge in [-0.1, -0.05) is 30.3 Å². The van der Waals surface area contributed by atoms with Crippen LogP contribution in [0.15, 0.2) is 59.5 Å². The fourth-order valence-electron chi connectivity index (χ4n) is 1.84. The zero-order chi connectivity index (χ0) is 16.9. The molecule has 5 nitrogen and oxygen atoms in total. The first kappa shape index (κ1) is 17.9. The topological polar surface area (TPSA) is 63.7 Å². The number of sulfonamides is 1. The highest BCUT2D eigenvalue weighted by Gasteiger charge is 2.23. The van der Waals surface area contributed by atoms with Gasteiger partial charge in [0.1, 0.15) is 13.2 Å². The van der Waals surface area contributed by atoms with Crippen molar-refractivity contribution in [2.45, 2.75) is 11.5 Å². The van der Waals surface area contributed by atoms with Gasteiger partial charge in [0.05, 0.1) is 4.90 Å². The molecule has 0 spiro atoms. The number of carbonyl (C=O) groups excluding carboxylic acids is 1. The first-order valence-electron chi connectivity index (χ1n) is 6.81. The van der Waals surface area contributed by atoms with Crippen molar-refractivity contribution in [3.63, 3.8) is 0 Å². The number of hydrogen-bond donors (Lipinski definition) is 0. The van der Waals surface area contributed by atoms with E-state index in [0.717, 1.165) is 13.4 Å². The monoisotopic (exact) mass is 445 g/mol. The van der Waals surface area contributed by atoms with Gasteiger partial charge in [0.15, 0.2) is 0 Å². The molecule has 0 amide bonds. The molecule has 23 heavy (non-hydrogen) atoms. The van der Waals surface area contributed by atoms with Crippen LogP contribution in [0.4, 0.5) is 0 Å². The molecule has 0 radical (unpaired) electrons. The maximum absolute atomic E-state index is 12.4. The van der Waals surface area contributed by atoms with Crippen molar-refractivity contribution < 1.29 is 17.9 Å². The molecule has 2 aromatic rings. The summed E-state index contributed by atoms with van der Waals surface area (Å²) in [5.41, 5.74) is 0.851. The normalized spacial score (nSPS) is 11.4. The first-order valence-corrected chi connectivity index (χ1v) is 9.33. The largest absolute Gasteiger partial charge is 0.460 e. The second-order valence-corrected chi connectivity index (χ2v) is 8.15. The molecule has 0 unspecified atom stereocenters. The van der Waals surface area contributed by atoms with Crippen molar-refractivity contribution in [3.8, 4) is 0 Å². The fraction of sp³-hybridized carbons (Fsp3) is 0.188. The van der Waals surface area contributed by atoms with Gasteiger partial charge in [-0.05, 0) is 52.4 Å². The minimum atomic E-state index is -3.70. The summed E-state index contributed by atoms with van der Waals surface area (Å²) in [4.78, 5) is 12.0. The zero-order valence-electron chi connectivity index (χ0n) is 12.5. The molecular formula is C16H16INO4S. The van der Waals surface area contributed by atoms with Gasteiger partial charge in [-0.3, -0.25) is 4.79 Å². The lowest BCUT2D eigenvalue weighted by molar-refractivity contribution is -0.144. The lowest BCUT2D eigenvalue weighted by atomic mass is 10.2. The highest BCUT2D eigenvalue weighted by molar-refractivity contribution is 14.1. The SMILES string of the molecule is CN(CC(=O)OCc1ccccc1)S(=O)(=O)c1ccc(I)cc1. The predicted octanol–water partition coefficient (Wildman–Crippen LogP) is 2.66. The van der Waals surface area contributed by atoms with Gasteiger partial charge in [0.2, 0.25) is 10.0 Å². The summed E-state index contributed by atoms with van der Waals surface area (Å²) >= 11 is 2.10. The van der Waals surface area contributed by atoms with Crippen LogP contribution in [0.5, 0.6) is 0 Å². The number of hydrogen-bond acceptors (Lipinski definition) is 4. The highest BCUT2D eigenvalue weighted by Crippen LogP contribution is 2.16. The lowest BCUT2D eigenvalue weighted by Gasteiger charge is -2.16. The van der Waals surface area contributed by atoms with E-state index >= 15 is 0 Å². The Labute approximate surface area is 149 Å². The second kappa shape index (κ2) is 7.89. The van der Waals surface area contributed by atoms with E-state index in [2.05, 4.69) is 22.6 Å². The number of benzene rings is 2. The zero-order valence-corrected chi connectivity index (χ0v) is 15.5. The maximum atomic E-state index is 12.4. The summed E-state index contributed by atoms with van der Waals surface area (Å²) in [7, 11) is -2.35. The quantitative estimate of drug-likeness (QED) is 0.507. The van der Waals surface area contributed by atoms with Gasteiger partial charge in [0.25, 0.3) is 0 Å². The Morgan fingerprint density at radius 2 is 1.70 bits per heavy atom. The van der Waals surface area contributed by atoms with Crippen LogP contribution in [0.2, 0.25) is 0 Å². The smallest absolute Gasteiger partial charge is 0.321 e. The Kier molecular flexibility index (Phi) is 6.14. The van der Waals surface area contributed by atoms with Crippen LogP contribution in [-0.4, -0.2) is 32.3 Å². The van der Waals surface area contributed by atoms with E-state index in [4.69, 9.17) is 4.74 Å². The van der Waals surface area contributed by atoms with E-state index in [-0.39, 0.29) is 18.0 Å². The van der Waals surface area contributed by atoms with Crippen molar-refractivity contribution in [2.24, 2.45) is 0 Å². The van der Waals surface area contributed by atoms with E-state index in [1.54, 1.807) is 12.1 Å². The first-order chi connectivity index (χ1) is 10.9. The second-order valence-electron chi connectivity index (χ2n) is 4.86. The number of carbonyl (C=O) groups is 1. The molecule has 0 N–H and O–H groups in total. The maximum Gasteiger partial charge on any atom is 0.321 e. The van der Waals surface area contributed by atoms with Gasteiger partial charge in [0, 0.05) is 10.6 Å². The van der Waals surface area contributed by atoms with E-state index in [0.29, 0.717) is 0 Å². The van der Waals surface area contributed by atoms with Crippen molar-refractivity contribution in [1.29, 1.82) is 0 Å². The average Bonchev–Trinajstić information content (AvgIpc) is 2.54. The molecule has 122 valence electrons. The van der Waals surface area contributed by atoms with E-state index in [1.165, 1.54) is 19.2 Å². The molecule has 0 fully saturated rings. The predicted molar refractivity (Wildman–Crippen MR) is 95.2 cm³/mol. The summed E-state index contributed by atoms with van der Waals surface area (Å²) in [6.07, 6.45) is 0. The molecule has 2 rings (SSSR count). The number of likely N-dealkylation sites (N-methyl/N-ethyl adjacent to an activating group) is 1. The van der Waals surface area contributed by atoms with Crippen LogP contribution in [0, 0.1) is 3.57 Å². The van der Waals surface area contributed by atoms with Gasteiger partial charge < -0.3 is 4.74 Å². The Morgan fingerprint density at radius 1 is 1.09 bits per heavy atom. The van der Waals surface area contributed by atoms with Crippen LogP contribution in [0.3, 0.4) is 0 Å². The third-order valence-electron chi connectivity index (χ3n) is 3.12. The Hall–Kier alpha value is -1.45. The van der Waals surface area contributed by atoms with Crippen molar-refractivity contribution in [1.82, 2.24) is 4.31 Å². The summed E-state index contributed by atoms with van der Waals surface area (Å²) in [5, 5.41) is 0. The minimum absolute atomic E-state index is 0.122. The Bertz CT molecular complexity index is 760. The number of rotatable bonds is 6. The van der Waals surface area contributed by atoms with E-state index < -0.39 is 16.0 Å². The molecule has 0 aliphatic heterocycles. The lowest BCUT2D eigenvalue weighted by Crippen LogP contribution is -2.33. The fourth-order valence-corrected chi connectivity index (χ4v) is 3.31. The molecule has 0 aliphatic rings. The number of esters is 1. The molecular weight excluding hydrogens is 429 g/mol. The molecule has 0 bridgehead atoms. The summed E-state index contributed by atoms with van der Waals surface area (Å²) < 4.78 is 31.8. The molecule has 7 heteroatoms. The average molecular weight is 445 g/mol. The molecule has 0 atom stereocenters. The van der Waals surface area contributed by atoms with Gasteiger partial charge in [-0.2, -0.15) is 4.31 Å². The minimum Gasteiger partial charge on any atom is -0.460 e. The summed E-state index contributed by atoms with van der Waals surface area (Å²) in [6, 6.07) is 15.7. The van der Waals surface area contributed by atoms with Crippen LogP contribution in [-0.2, 0) is 26.2 Å². The third kappa shape index (κ3) is 5.02. The summed E-state index contributed by atoms with van der Waals surface area (Å²) in [5.74, 6) is -0.592. The molecule has 0 aromatic heterocycles. The van der Waals surface area contributed by atoms with Crippen molar-refractivity contribution in [2.75, 3.05) is 13.6 Å². The third-order valence-corrected chi connectivity index (χ3v) is 5.65. The van der Waals surface area contributed by atoms with Gasteiger partial charge in [-0.15, -0.1) is 0 Å². The van der Waals surface area contributed by atoms with Gasteiger partial charge in [-0.25, -0.2) is 8.42 Å². The number of ether oxygens (including phenoxy) is 1. The van der Waals surface area contributed by atoms with Crippen LogP contribution >= 0.6 is 22.6 Å². The number of nitrogens with zero attached hydrogens (tertiary/aromatic N) is 1. The van der Waals surface area contributed by atoms with Crippen molar-refractivity contribution >= 4 is 38.6 Å². The van der Waals surface area contributed by atoms with E-state index in [1.807, 2.05) is 30.3 Å². The highest BCUT2D eigenvalue weighted by atomic mass is 127. The molecule has 2 aromatic carbocycles.